The summed E-state index contributed by atoms with van der Waals surface area (Å²) in [5.41, 5.74) is 3.25. The van der Waals surface area contributed by atoms with Crippen molar-refractivity contribution in [2.45, 2.75) is 33.2 Å². The maximum absolute atomic E-state index is 12.8. The van der Waals surface area contributed by atoms with Gasteiger partial charge in [-0.15, -0.1) is 0 Å². The van der Waals surface area contributed by atoms with Crippen LogP contribution in [0.25, 0.3) is 10.9 Å². The van der Waals surface area contributed by atoms with Crippen molar-refractivity contribution in [2.75, 3.05) is 13.1 Å². The van der Waals surface area contributed by atoms with Gasteiger partial charge in [-0.3, -0.25) is 14.2 Å². The minimum Gasteiger partial charge on any atom is -0.361 e. The minimum absolute atomic E-state index is 0.0419. The molecule has 1 fully saturated rings. The number of H-pyrrole nitrogens is 1. The number of aryl methyl sites for hydroxylation is 1. The standard InChI is InChI=1S/C21H24N4O2/c1-14-15(2)23-13-25(20(14)26)12-16-6-9-24(10-7-16)21(27)18-4-3-17-5-8-22-19(17)11-18/h3-5,8,11,13,16,22H,6-7,9-10,12H2,1-2H3. The second-order valence-corrected chi connectivity index (χ2v) is 7.43. The quantitative estimate of drug-likeness (QED) is 0.777. The number of carbonyl (C=O) groups excluding carboxylic acids is 1. The molecule has 1 aromatic carbocycles. The van der Waals surface area contributed by atoms with Crippen LogP contribution in [0.15, 0.2) is 41.6 Å². The summed E-state index contributed by atoms with van der Waals surface area (Å²) < 4.78 is 1.71. The fourth-order valence-corrected chi connectivity index (χ4v) is 3.77. The van der Waals surface area contributed by atoms with Crippen LogP contribution in [0.4, 0.5) is 0 Å². The van der Waals surface area contributed by atoms with Gasteiger partial charge in [-0.25, -0.2) is 4.98 Å². The first-order valence-corrected chi connectivity index (χ1v) is 9.42. The Balaban J connectivity index is 1.40. The normalized spacial score (nSPS) is 15.4. The van der Waals surface area contributed by atoms with Gasteiger partial charge in [0.05, 0.1) is 6.33 Å². The van der Waals surface area contributed by atoms with Gasteiger partial charge in [-0.2, -0.15) is 0 Å². The van der Waals surface area contributed by atoms with E-state index in [1.165, 1.54) is 0 Å². The Morgan fingerprint density at radius 2 is 2.00 bits per heavy atom. The molecule has 6 nitrogen and oxygen atoms in total. The zero-order valence-corrected chi connectivity index (χ0v) is 15.7. The molecule has 27 heavy (non-hydrogen) atoms. The summed E-state index contributed by atoms with van der Waals surface area (Å²) in [7, 11) is 0. The zero-order valence-electron chi connectivity index (χ0n) is 15.7. The van der Waals surface area contributed by atoms with E-state index in [9.17, 15) is 9.59 Å². The minimum atomic E-state index is 0.0419. The SMILES string of the molecule is Cc1ncn(CC2CCN(C(=O)c3ccc4cc[nH]c4c3)CC2)c(=O)c1C. The molecule has 1 aliphatic rings. The highest BCUT2D eigenvalue weighted by Crippen LogP contribution is 2.22. The maximum atomic E-state index is 12.8. The fraction of sp³-hybridized carbons (Fsp3) is 0.381. The first-order valence-electron chi connectivity index (χ1n) is 9.42. The zero-order chi connectivity index (χ0) is 19.0. The molecule has 2 aromatic heterocycles. The van der Waals surface area contributed by atoms with Crippen LogP contribution in [0.1, 0.15) is 34.5 Å². The smallest absolute Gasteiger partial charge is 0.256 e. The molecule has 4 rings (SSSR count). The number of carbonyl (C=O) groups is 1. The number of hydrogen-bond acceptors (Lipinski definition) is 3. The van der Waals surface area contributed by atoms with Crippen LogP contribution >= 0.6 is 0 Å². The highest BCUT2D eigenvalue weighted by atomic mass is 16.2. The van der Waals surface area contributed by atoms with Gasteiger partial charge in [0.1, 0.15) is 0 Å². The number of piperidine rings is 1. The Hall–Kier alpha value is -2.89. The van der Waals surface area contributed by atoms with Gasteiger partial charge in [0.25, 0.3) is 11.5 Å². The van der Waals surface area contributed by atoms with Crippen LogP contribution in [0.5, 0.6) is 0 Å². The second kappa shape index (κ2) is 7.02. The molecule has 3 heterocycles. The van der Waals surface area contributed by atoms with E-state index >= 15 is 0 Å². The van der Waals surface area contributed by atoms with Gasteiger partial charge in [-0.05, 0) is 56.2 Å². The third-order valence-electron chi connectivity index (χ3n) is 5.67. The molecule has 1 saturated heterocycles. The summed E-state index contributed by atoms with van der Waals surface area (Å²) >= 11 is 0. The third-order valence-corrected chi connectivity index (χ3v) is 5.67. The molecule has 1 amide bonds. The largest absolute Gasteiger partial charge is 0.361 e. The predicted octanol–water partition coefficient (Wildman–Crippen LogP) is 2.89. The fourth-order valence-electron chi connectivity index (χ4n) is 3.77. The molecule has 0 aliphatic carbocycles. The first kappa shape index (κ1) is 17.5. The molecule has 0 unspecified atom stereocenters. The van der Waals surface area contributed by atoms with E-state index in [1.54, 1.807) is 10.9 Å². The molecule has 0 bridgehead atoms. The lowest BCUT2D eigenvalue weighted by Crippen LogP contribution is -2.40. The summed E-state index contributed by atoms with van der Waals surface area (Å²) in [6, 6.07) is 7.79. The second-order valence-electron chi connectivity index (χ2n) is 7.43. The van der Waals surface area contributed by atoms with E-state index < -0.39 is 0 Å². The van der Waals surface area contributed by atoms with Crippen LogP contribution in [-0.4, -0.2) is 38.4 Å². The Labute approximate surface area is 157 Å². The van der Waals surface area contributed by atoms with Crippen LogP contribution in [0.3, 0.4) is 0 Å². The lowest BCUT2D eigenvalue weighted by atomic mass is 9.96. The maximum Gasteiger partial charge on any atom is 0.256 e. The number of benzene rings is 1. The van der Waals surface area contributed by atoms with Crippen LogP contribution < -0.4 is 5.56 Å². The Morgan fingerprint density at radius 1 is 1.22 bits per heavy atom. The lowest BCUT2D eigenvalue weighted by molar-refractivity contribution is 0.0682. The molecule has 0 saturated carbocycles. The number of aromatic amines is 1. The third kappa shape index (κ3) is 3.39. The molecule has 140 valence electrons. The van der Waals surface area contributed by atoms with Gasteiger partial charge in [0.2, 0.25) is 0 Å². The molecular formula is C21H24N4O2. The van der Waals surface area contributed by atoms with Crippen LogP contribution in [-0.2, 0) is 6.54 Å². The molecule has 0 radical (unpaired) electrons. The number of nitrogens with one attached hydrogen (secondary N) is 1. The van der Waals surface area contributed by atoms with Crippen LogP contribution in [0.2, 0.25) is 0 Å². The van der Waals surface area contributed by atoms with Gasteiger partial charge in [0.15, 0.2) is 0 Å². The van der Waals surface area contributed by atoms with Crippen molar-refractivity contribution in [1.29, 1.82) is 0 Å². The van der Waals surface area contributed by atoms with E-state index in [-0.39, 0.29) is 11.5 Å². The topological polar surface area (TPSA) is 71.0 Å². The molecule has 0 spiro atoms. The van der Waals surface area contributed by atoms with Crippen molar-refractivity contribution in [3.8, 4) is 0 Å². The van der Waals surface area contributed by atoms with Crippen molar-refractivity contribution in [3.05, 3.63) is 64.0 Å². The van der Waals surface area contributed by atoms with E-state index in [0.717, 1.165) is 48.1 Å². The number of likely N-dealkylation sites (tertiary alicyclic amines) is 1. The van der Waals surface area contributed by atoms with Crippen LogP contribution in [0, 0.1) is 19.8 Å². The van der Waals surface area contributed by atoms with E-state index in [4.69, 9.17) is 0 Å². The van der Waals surface area contributed by atoms with Gasteiger partial charge in [-0.1, -0.05) is 6.07 Å². The summed E-state index contributed by atoms with van der Waals surface area (Å²) in [5, 5.41) is 1.11. The van der Waals surface area contributed by atoms with Crippen molar-refractivity contribution in [2.24, 2.45) is 5.92 Å². The summed E-state index contributed by atoms with van der Waals surface area (Å²) in [6.07, 6.45) is 5.33. The Morgan fingerprint density at radius 3 is 2.78 bits per heavy atom. The monoisotopic (exact) mass is 364 g/mol. The molecule has 1 N–H and O–H groups in total. The van der Waals surface area contributed by atoms with Crippen molar-refractivity contribution in [3.63, 3.8) is 0 Å². The van der Waals surface area contributed by atoms with Crippen molar-refractivity contribution < 1.29 is 4.79 Å². The highest BCUT2D eigenvalue weighted by Gasteiger charge is 2.24. The number of aromatic nitrogens is 3. The van der Waals surface area contributed by atoms with Crippen molar-refractivity contribution in [1.82, 2.24) is 19.4 Å². The van der Waals surface area contributed by atoms with E-state index in [2.05, 4.69) is 9.97 Å². The number of nitrogens with zero attached hydrogens (tertiary/aromatic N) is 3. The molecule has 1 aliphatic heterocycles. The van der Waals surface area contributed by atoms with Gasteiger partial charge in [0, 0.05) is 48.2 Å². The molecule has 6 heteroatoms. The highest BCUT2D eigenvalue weighted by molar-refractivity contribution is 5.97. The number of amides is 1. The molecular weight excluding hydrogens is 340 g/mol. The first-order chi connectivity index (χ1) is 13.0. The molecule has 3 aromatic rings. The molecule has 0 atom stereocenters. The predicted molar refractivity (Wildman–Crippen MR) is 105 cm³/mol. The van der Waals surface area contributed by atoms with Gasteiger partial charge >= 0.3 is 0 Å². The average molecular weight is 364 g/mol. The number of rotatable bonds is 3. The average Bonchev–Trinajstić information content (AvgIpc) is 3.16. The summed E-state index contributed by atoms with van der Waals surface area (Å²) in [4.78, 5) is 34.6. The number of fused-ring (bicyclic) bond motifs is 1. The number of hydrogen-bond donors (Lipinski definition) is 1. The lowest BCUT2D eigenvalue weighted by Gasteiger charge is -2.32. The van der Waals surface area contributed by atoms with Gasteiger partial charge < -0.3 is 9.88 Å². The Bertz CT molecular complexity index is 1040. The van der Waals surface area contributed by atoms with E-state index in [0.29, 0.717) is 18.0 Å². The summed E-state index contributed by atoms with van der Waals surface area (Å²) in [5.74, 6) is 0.469. The summed E-state index contributed by atoms with van der Waals surface area (Å²) in [6.45, 7) is 5.79. The Kier molecular flexibility index (Phi) is 4.56. The van der Waals surface area contributed by atoms with Crippen molar-refractivity contribution >= 4 is 16.8 Å². The van der Waals surface area contributed by atoms with E-state index in [1.807, 2.05) is 49.2 Å².